The average Bonchev–Trinajstić information content (AvgIpc) is 3.18. The molecule has 0 aliphatic carbocycles. The number of nitrogens with one attached hydrogen (secondary N) is 2. The van der Waals surface area contributed by atoms with Crippen LogP contribution in [0.25, 0.3) is 0 Å². The third-order valence-electron chi connectivity index (χ3n) is 7.84. The molecule has 65 heavy (non-hydrogen) atoms. The van der Waals surface area contributed by atoms with Crippen molar-refractivity contribution in [2.45, 2.75) is 28.5 Å². The minimum Gasteiger partial charge on any atom is -1.00 e. The number of amides is 1. The largest absolute Gasteiger partial charge is 1.00 e. The molecule has 334 valence electrons. The van der Waals surface area contributed by atoms with Crippen LogP contribution in [0.3, 0.4) is 0 Å². The van der Waals surface area contributed by atoms with Crippen LogP contribution in [-0.2, 0) is 57.9 Å². The van der Waals surface area contributed by atoms with Crippen molar-refractivity contribution in [2.75, 3.05) is 46.7 Å². The van der Waals surface area contributed by atoms with E-state index in [0.717, 1.165) is 18.2 Å². The van der Waals surface area contributed by atoms with Crippen molar-refractivity contribution >= 4 is 118 Å². The summed E-state index contributed by atoms with van der Waals surface area (Å²) in [4.78, 5) is 24.1. The number of nitrogen functional groups attached to an aromatic ring is 1. The fraction of sp³-hybridized carbons (Fsp3) is 0.241. The van der Waals surface area contributed by atoms with Gasteiger partial charge in [-0.1, -0.05) is 6.07 Å². The van der Waals surface area contributed by atoms with Gasteiger partial charge in [0.05, 0.1) is 68.3 Å². The van der Waals surface area contributed by atoms with Gasteiger partial charge in [0.25, 0.3) is 10.1 Å². The number of halogens is 2. The summed E-state index contributed by atoms with van der Waals surface area (Å²) in [5.74, 6) is -3.92. The second kappa shape index (κ2) is 30.7. The van der Waals surface area contributed by atoms with Gasteiger partial charge >= 0.3 is 124 Å². The third-order valence-corrected chi connectivity index (χ3v) is 12.9. The summed E-state index contributed by atoms with van der Waals surface area (Å²) in [5, 5.41) is 51.8. The fourth-order valence-electron chi connectivity index (χ4n) is 5.11. The number of sulfone groups is 1. The predicted molar refractivity (Wildman–Crippen MR) is 205 cm³/mol. The fourth-order valence-corrected chi connectivity index (χ4v) is 9.33. The minimum absolute atomic E-state index is 0. The smallest absolute Gasteiger partial charge is 1.00 e. The van der Waals surface area contributed by atoms with E-state index in [-0.39, 0.29) is 200 Å². The maximum absolute atomic E-state index is 12.9. The molecule has 0 aliphatic heterocycles. The van der Waals surface area contributed by atoms with Crippen LogP contribution in [0.5, 0.6) is 0 Å². The van der Waals surface area contributed by atoms with E-state index in [2.05, 4.69) is 58.9 Å². The zero-order valence-corrected chi connectivity index (χ0v) is 48.4. The Labute approximate surface area is 480 Å². The number of carbonyl (C=O) groups is 1. The van der Waals surface area contributed by atoms with Crippen LogP contribution in [0, 0.1) is 0 Å². The summed E-state index contributed by atoms with van der Waals surface area (Å²) in [6, 6.07) is 11.9. The molecule has 4 aromatic rings. The monoisotopic (exact) mass is 1080 g/mol. The molecule has 3 aromatic carbocycles. The van der Waals surface area contributed by atoms with Gasteiger partial charge in [-0.25, -0.2) is 29.7 Å². The number of quaternary nitrogens is 1. The van der Waals surface area contributed by atoms with E-state index in [1.165, 1.54) is 25.1 Å². The molecule has 1 amide bonds. The topological polar surface area (TPSA) is 371 Å². The molecule has 0 aliphatic rings. The van der Waals surface area contributed by atoms with Crippen molar-refractivity contribution in [3.63, 3.8) is 0 Å². The van der Waals surface area contributed by atoms with Crippen LogP contribution in [0.2, 0.25) is 5.28 Å². The van der Waals surface area contributed by atoms with Crippen molar-refractivity contribution in [1.82, 2.24) is 19.4 Å². The van der Waals surface area contributed by atoms with Crippen molar-refractivity contribution in [1.29, 1.82) is 0 Å². The molecule has 25 nitrogen and oxygen atoms in total. The molecule has 0 radical (unpaired) electrons. The normalized spacial score (nSPS) is 12.3. The van der Waals surface area contributed by atoms with Gasteiger partial charge < -0.3 is 53.4 Å². The Bertz CT molecular complexity index is 2590. The van der Waals surface area contributed by atoms with Gasteiger partial charge in [-0.3, -0.25) is 14.9 Å². The molecule has 0 spiro atoms. The van der Waals surface area contributed by atoms with Gasteiger partial charge in [-0.2, -0.15) is 13.7 Å². The first-order chi connectivity index (χ1) is 28.2. The zero-order valence-electron chi connectivity index (χ0n) is 34.8. The number of benzene rings is 3. The maximum Gasteiger partial charge on any atom is 1.00 e. The van der Waals surface area contributed by atoms with E-state index in [0.29, 0.717) is 23.4 Å². The number of hydrogen-bond donors (Lipinski definition) is 3. The maximum atomic E-state index is 12.9. The number of carbonyl (C=O) groups excluding carboxylic acids is 1. The summed E-state index contributed by atoms with van der Waals surface area (Å²) in [6.45, 7) is 2.61. The van der Waals surface area contributed by atoms with Crippen LogP contribution >= 0.6 is 35.7 Å². The third kappa shape index (κ3) is 20.4. The summed E-state index contributed by atoms with van der Waals surface area (Å²) in [6.07, 6.45) is 0. The van der Waals surface area contributed by atoms with Crippen LogP contribution in [0.15, 0.2) is 79.5 Å². The van der Waals surface area contributed by atoms with Gasteiger partial charge in [0.15, 0.2) is 9.84 Å². The summed E-state index contributed by atoms with van der Waals surface area (Å²) < 4.78 is 95.6. The zero-order chi connectivity index (χ0) is 44.3. The first-order valence-electron chi connectivity index (χ1n) is 16.1. The van der Waals surface area contributed by atoms with Crippen LogP contribution < -0.4 is 167 Å². The summed E-state index contributed by atoms with van der Waals surface area (Å²) in [7, 11) is -13.9. The van der Waals surface area contributed by atoms with E-state index >= 15 is 0 Å². The minimum atomic E-state index is -4.79. The first-order valence-corrected chi connectivity index (χ1v) is 22.8. The number of aromatic nitrogens is 3. The number of anilines is 4. The molecule has 1 atom stereocenters. The van der Waals surface area contributed by atoms with Crippen LogP contribution in [-0.4, -0.2) is 81.0 Å². The van der Waals surface area contributed by atoms with Crippen molar-refractivity contribution in [2.24, 2.45) is 10.2 Å². The van der Waals surface area contributed by atoms with Gasteiger partial charge in [0.2, 0.25) is 17.1 Å². The molecule has 1 aromatic heterocycles. The second-order valence-electron chi connectivity index (χ2n) is 11.7. The molecule has 1 heterocycles. The second-order valence-corrected chi connectivity index (χ2v) is 18.8. The van der Waals surface area contributed by atoms with E-state index in [4.69, 9.17) is 17.3 Å². The Morgan fingerprint density at radius 2 is 1.48 bits per heavy atom. The Kier molecular flexibility index (Phi) is 31.7. The molecule has 0 bridgehead atoms. The van der Waals surface area contributed by atoms with Crippen molar-refractivity contribution < 1.29 is 204 Å². The van der Waals surface area contributed by atoms with Gasteiger partial charge in [0.1, 0.15) is 33.7 Å². The molecule has 4 N–H and O–H groups in total. The number of nitrogens with zero attached hydrogens (tertiary/aromatic N) is 6. The quantitative estimate of drug-likeness (QED) is 0.00961. The molecular formula is C29H29Cl2N9Na4O16S5. The Morgan fingerprint density at radius 1 is 0.846 bits per heavy atom. The molecule has 1 unspecified atom stereocenters. The Hall–Kier alpha value is 0.0700. The van der Waals surface area contributed by atoms with Crippen molar-refractivity contribution in [3.05, 3.63) is 59.9 Å². The molecule has 0 saturated heterocycles. The summed E-state index contributed by atoms with van der Waals surface area (Å²) >= 11 is 6.96. The molecule has 0 fully saturated rings. The van der Waals surface area contributed by atoms with E-state index < -0.39 is 67.9 Å². The molecule has 0 saturated carbocycles. The van der Waals surface area contributed by atoms with Crippen molar-refractivity contribution in [3.8, 4) is 0 Å². The molecule has 4 rings (SSSR count). The number of rotatable bonds is 22. The standard InChI is InChI=1S/C29H32ClN9O16S5.ClH.4Na/c1-3-39(9-10-59(46,47)48,19-6-4-5-18(13-19)32-17(2)40)29-35-27(30)34-28(36-29)33-23-15-21(31)25(56-54-51-41)16-24(23)38-37-22-8-7-20(14-26(22)57-55-52-42)58(44,45)11-12-60(49,50)53-43;;;;;/h4-8,13-16H,3,9-12,31H2,1-2H3,(H5-,32,33,34,35,36,40,41,42,43,46,47,48);1H;;;;/q;;4*+1/p-4. The average molecular weight is 1080 g/mol. The first kappa shape index (κ1) is 67.1. The van der Waals surface area contributed by atoms with Crippen LogP contribution in [0.4, 0.5) is 46.0 Å². The molecular weight excluding hydrogens is 1050 g/mol. The van der Waals surface area contributed by atoms with E-state index in [1.54, 1.807) is 25.1 Å². The number of hydrogen-bond acceptors (Lipinski definition) is 25. The van der Waals surface area contributed by atoms with E-state index in [9.17, 15) is 50.4 Å². The van der Waals surface area contributed by atoms with Gasteiger partial charge in [0, 0.05) is 24.4 Å². The SMILES string of the molecule is CC[N+](CCS(=O)(=O)[O-])(c1cccc(NC(C)=O)c1)c1nc(Cl)nc(Nc2cc(N)c(SOO[O-])cc2N=Nc2ccc(S(=O)(=O)CCS(=O)(=O)O[O-])cc2SOO[O-])n1.[Cl-].[Na+].[Na+].[Na+].[Na+]. The number of nitrogens with two attached hydrogens (primary N) is 1. The Morgan fingerprint density at radius 3 is 2.06 bits per heavy atom. The van der Waals surface area contributed by atoms with Gasteiger partial charge in [-0.15, -0.1) is 20.2 Å². The van der Waals surface area contributed by atoms with E-state index in [1.807, 2.05) is 0 Å². The molecule has 36 heteroatoms. The number of azo groups is 1. The predicted octanol–water partition coefficient (Wildman–Crippen LogP) is -13.7. The van der Waals surface area contributed by atoms with Crippen LogP contribution in [0.1, 0.15) is 13.8 Å². The Balaban J connectivity index is 0. The summed E-state index contributed by atoms with van der Waals surface area (Å²) in [5.41, 5.74) is 6.54. The van der Waals surface area contributed by atoms with Gasteiger partial charge in [-0.05, 0) is 61.0 Å².